The normalized spacial score (nSPS) is 25.0. The fourth-order valence-corrected chi connectivity index (χ4v) is 2.11. The summed E-state index contributed by atoms with van der Waals surface area (Å²) in [5.74, 6) is 0.802. The van der Waals surface area contributed by atoms with Crippen LogP contribution >= 0.6 is 0 Å². The van der Waals surface area contributed by atoms with E-state index in [9.17, 15) is 10.1 Å². The van der Waals surface area contributed by atoms with Gasteiger partial charge in [0.1, 0.15) is 11.9 Å². The maximum Gasteiger partial charge on any atom is 0.216 e. The van der Waals surface area contributed by atoms with Crippen molar-refractivity contribution in [3.05, 3.63) is 40.4 Å². The van der Waals surface area contributed by atoms with Crippen LogP contribution in [0.5, 0.6) is 5.75 Å². The van der Waals surface area contributed by atoms with Crippen LogP contribution in [0.4, 0.5) is 0 Å². The number of para-hydroxylation sites is 1. The summed E-state index contributed by atoms with van der Waals surface area (Å²) in [5, 5.41) is 10.7. The fraction of sp³-hybridized carbons (Fsp3) is 0.500. The molecule has 0 N–H and O–H groups in total. The van der Waals surface area contributed by atoms with Crippen LogP contribution in [0.15, 0.2) is 30.3 Å². The van der Waals surface area contributed by atoms with Crippen LogP contribution in [0, 0.1) is 10.1 Å². The molecule has 2 unspecified atom stereocenters. The fourth-order valence-electron chi connectivity index (χ4n) is 2.11. The summed E-state index contributed by atoms with van der Waals surface area (Å²) < 4.78 is 5.73. The molecule has 0 saturated heterocycles. The smallest absolute Gasteiger partial charge is 0.216 e. The maximum absolute atomic E-state index is 10.7. The van der Waals surface area contributed by atoms with Gasteiger partial charge in [0.25, 0.3) is 0 Å². The molecule has 1 fully saturated rings. The number of nitrogens with zero attached hydrogens (tertiary/aromatic N) is 1. The van der Waals surface area contributed by atoms with Crippen LogP contribution < -0.4 is 4.74 Å². The van der Waals surface area contributed by atoms with E-state index in [0.29, 0.717) is 12.8 Å². The SMILES string of the molecule is O=[N+]([O-])C1CCCC(Oc2ccccc2)C1. The molecule has 1 aromatic carbocycles. The third-order valence-corrected chi connectivity index (χ3v) is 2.94. The monoisotopic (exact) mass is 221 g/mol. The first-order chi connectivity index (χ1) is 7.75. The Labute approximate surface area is 94.4 Å². The Morgan fingerprint density at radius 1 is 1.25 bits per heavy atom. The molecule has 2 rings (SSSR count). The van der Waals surface area contributed by atoms with Crippen LogP contribution in [0.3, 0.4) is 0 Å². The third-order valence-electron chi connectivity index (χ3n) is 2.94. The molecule has 2 atom stereocenters. The van der Waals surface area contributed by atoms with Crippen LogP contribution in [-0.2, 0) is 0 Å². The van der Waals surface area contributed by atoms with Gasteiger partial charge in [0.15, 0.2) is 0 Å². The van der Waals surface area contributed by atoms with E-state index in [2.05, 4.69) is 0 Å². The molecule has 0 spiro atoms. The van der Waals surface area contributed by atoms with Crippen molar-refractivity contribution < 1.29 is 9.66 Å². The molecule has 1 aliphatic rings. The van der Waals surface area contributed by atoms with Gasteiger partial charge in [-0.05, 0) is 25.0 Å². The van der Waals surface area contributed by atoms with Crippen molar-refractivity contribution in [3.63, 3.8) is 0 Å². The van der Waals surface area contributed by atoms with Crippen molar-refractivity contribution in [3.8, 4) is 5.75 Å². The van der Waals surface area contributed by atoms with Gasteiger partial charge in [-0.1, -0.05) is 18.2 Å². The second-order valence-corrected chi connectivity index (χ2v) is 4.16. The molecule has 0 aliphatic heterocycles. The molecule has 1 aliphatic carbocycles. The first-order valence-electron chi connectivity index (χ1n) is 5.61. The van der Waals surface area contributed by atoms with E-state index in [1.165, 1.54) is 0 Å². The molecule has 1 saturated carbocycles. The number of rotatable bonds is 3. The number of hydrogen-bond acceptors (Lipinski definition) is 3. The van der Waals surface area contributed by atoms with E-state index >= 15 is 0 Å². The lowest BCUT2D eigenvalue weighted by Gasteiger charge is -2.25. The van der Waals surface area contributed by atoms with E-state index < -0.39 is 6.04 Å². The summed E-state index contributed by atoms with van der Waals surface area (Å²) in [6.07, 6.45) is 3.00. The lowest BCUT2D eigenvalue weighted by atomic mass is 9.93. The molecule has 0 aromatic heterocycles. The number of benzene rings is 1. The lowest BCUT2D eigenvalue weighted by molar-refractivity contribution is -0.528. The highest BCUT2D eigenvalue weighted by atomic mass is 16.6. The number of nitro groups is 1. The zero-order chi connectivity index (χ0) is 11.4. The highest BCUT2D eigenvalue weighted by Crippen LogP contribution is 2.24. The van der Waals surface area contributed by atoms with Crippen molar-refractivity contribution in [1.82, 2.24) is 0 Å². The Morgan fingerprint density at radius 2 is 2.00 bits per heavy atom. The van der Waals surface area contributed by atoms with Crippen molar-refractivity contribution in [1.29, 1.82) is 0 Å². The van der Waals surface area contributed by atoms with Gasteiger partial charge in [-0.25, -0.2) is 0 Å². The quantitative estimate of drug-likeness (QED) is 0.582. The zero-order valence-corrected chi connectivity index (χ0v) is 9.04. The molecule has 4 nitrogen and oxygen atoms in total. The molecule has 0 amide bonds. The Kier molecular flexibility index (Phi) is 3.39. The highest BCUT2D eigenvalue weighted by Gasteiger charge is 2.30. The van der Waals surface area contributed by atoms with E-state index in [1.807, 2.05) is 30.3 Å². The number of hydrogen-bond donors (Lipinski definition) is 0. The van der Waals surface area contributed by atoms with Crippen LogP contribution in [-0.4, -0.2) is 17.1 Å². The Morgan fingerprint density at radius 3 is 2.69 bits per heavy atom. The molecular formula is C12H15NO3. The summed E-state index contributed by atoms with van der Waals surface area (Å²) in [7, 11) is 0. The van der Waals surface area contributed by atoms with E-state index in [0.717, 1.165) is 18.6 Å². The van der Waals surface area contributed by atoms with Crippen LogP contribution in [0.1, 0.15) is 25.7 Å². The average Bonchev–Trinajstić information content (AvgIpc) is 2.30. The number of ether oxygens (including phenoxy) is 1. The molecule has 86 valence electrons. The molecule has 0 heterocycles. The van der Waals surface area contributed by atoms with Gasteiger partial charge >= 0.3 is 0 Å². The van der Waals surface area contributed by atoms with Gasteiger partial charge in [-0.2, -0.15) is 0 Å². The van der Waals surface area contributed by atoms with Crippen LogP contribution in [0.2, 0.25) is 0 Å². The average molecular weight is 221 g/mol. The molecule has 1 aromatic rings. The summed E-state index contributed by atoms with van der Waals surface area (Å²) in [4.78, 5) is 10.5. The minimum absolute atomic E-state index is 0.00782. The van der Waals surface area contributed by atoms with Gasteiger partial charge in [0, 0.05) is 11.3 Å². The summed E-state index contributed by atoms with van der Waals surface area (Å²) in [5.41, 5.74) is 0. The molecule has 4 heteroatoms. The summed E-state index contributed by atoms with van der Waals surface area (Å²) >= 11 is 0. The second kappa shape index (κ2) is 4.96. The van der Waals surface area contributed by atoms with Gasteiger partial charge < -0.3 is 4.74 Å². The summed E-state index contributed by atoms with van der Waals surface area (Å²) in [6, 6.07) is 9.08. The van der Waals surface area contributed by atoms with Crippen molar-refractivity contribution in [2.75, 3.05) is 0 Å². The molecule has 0 radical (unpaired) electrons. The van der Waals surface area contributed by atoms with E-state index in [1.54, 1.807) is 0 Å². The first kappa shape index (κ1) is 10.9. The van der Waals surface area contributed by atoms with Gasteiger partial charge in [-0.15, -0.1) is 0 Å². The standard InChI is InChI=1S/C12H15NO3/c14-13(15)10-5-4-8-12(9-10)16-11-6-2-1-3-7-11/h1-3,6-7,10,12H,4-5,8-9H2. The van der Waals surface area contributed by atoms with Gasteiger partial charge in [-0.3, -0.25) is 10.1 Å². The largest absolute Gasteiger partial charge is 0.490 e. The van der Waals surface area contributed by atoms with Crippen LogP contribution in [0.25, 0.3) is 0 Å². The predicted molar refractivity (Wildman–Crippen MR) is 60.1 cm³/mol. The Hall–Kier alpha value is -1.58. The minimum atomic E-state index is -0.428. The first-order valence-corrected chi connectivity index (χ1v) is 5.61. The Balaban J connectivity index is 1.93. The highest BCUT2D eigenvalue weighted by molar-refractivity contribution is 5.21. The van der Waals surface area contributed by atoms with E-state index in [-0.39, 0.29) is 11.0 Å². The zero-order valence-electron chi connectivity index (χ0n) is 9.04. The topological polar surface area (TPSA) is 52.4 Å². The summed E-state index contributed by atoms with van der Waals surface area (Å²) in [6.45, 7) is 0. The van der Waals surface area contributed by atoms with Gasteiger partial charge in [0.2, 0.25) is 6.04 Å². The maximum atomic E-state index is 10.7. The van der Waals surface area contributed by atoms with Crippen molar-refractivity contribution >= 4 is 0 Å². The molecule has 16 heavy (non-hydrogen) atoms. The van der Waals surface area contributed by atoms with Gasteiger partial charge in [0.05, 0.1) is 6.42 Å². The second-order valence-electron chi connectivity index (χ2n) is 4.16. The van der Waals surface area contributed by atoms with Crippen molar-refractivity contribution in [2.45, 2.75) is 37.8 Å². The van der Waals surface area contributed by atoms with Crippen molar-refractivity contribution in [2.24, 2.45) is 0 Å². The predicted octanol–water partition coefficient (Wildman–Crippen LogP) is 2.65. The molecule has 0 bridgehead atoms. The lowest BCUT2D eigenvalue weighted by Crippen LogP contribution is -2.33. The third kappa shape index (κ3) is 2.72. The minimum Gasteiger partial charge on any atom is -0.490 e. The Bertz CT molecular complexity index is 353. The molecular weight excluding hydrogens is 206 g/mol. The van der Waals surface area contributed by atoms with E-state index in [4.69, 9.17) is 4.74 Å².